The molecule has 0 aromatic carbocycles. The Hall–Kier alpha value is -1.13. The summed E-state index contributed by atoms with van der Waals surface area (Å²) in [5.74, 6) is -0.0784. The minimum absolute atomic E-state index is 0.0784. The molecule has 4 heteroatoms. The maximum Gasteiger partial charge on any atom is 0.220 e. The van der Waals surface area contributed by atoms with Gasteiger partial charge >= 0.3 is 0 Å². The molecule has 0 radical (unpaired) electrons. The van der Waals surface area contributed by atoms with Crippen LogP contribution in [0.4, 0.5) is 0 Å². The number of rotatable bonds is 36. The van der Waals surface area contributed by atoms with Gasteiger partial charge in [0.2, 0.25) is 5.91 Å². The average molecular weight is 634 g/mol. The van der Waals surface area contributed by atoms with Crippen molar-refractivity contribution >= 4 is 5.91 Å². The number of hydrogen-bond donors (Lipinski definition) is 3. The topological polar surface area (TPSA) is 69.6 Å². The van der Waals surface area contributed by atoms with Crippen LogP contribution in [-0.2, 0) is 4.79 Å². The Balaban J connectivity index is 3.52. The van der Waals surface area contributed by atoms with Crippen molar-refractivity contribution in [3.8, 4) is 0 Å². The second-order valence-electron chi connectivity index (χ2n) is 13.7. The van der Waals surface area contributed by atoms with Gasteiger partial charge < -0.3 is 15.5 Å². The summed E-state index contributed by atoms with van der Waals surface area (Å²) in [6, 6.07) is -0.623. The van der Waals surface area contributed by atoms with Crippen LogP contribution in [0.3, 0.4) is 0 Å². The zero-order valence-electron chi connectivity index (χ0n) is 30.4. The standard InChI is InChI=1S/C41H79NO3/c1-3-5-7-9-11-13-15-16-17-18-19-20-21-22-23-24-25-26-27-28-30-32-34-36-40(44)39(38-43)42-41(45)37-35-33-31-29-14-12-10-8-6-4-2/h10,12,34,36,39-40,43-44H,3-9,11,13-33,35,37-38H2,1-2H3,(H,42,45)/b12-10-,36-34+. The van der Waals surface area contributed by atoms with Crippen LogP contribution in [0, 0.1) is 0 Å². The highest BCUT2D eigenvalue weighted by Gasteiger charge is 2.17. The third-order valence-corrected chi connectivity index (χ3v) is 9.18. The number of hydrogen-bond acceptors (Lipinski definition) is 3. The molecule has 0 rings (SSSR count). The molecule has 0 fully saturated rings. The van der Waals surface area contributed by atoms with Gasteiger partial charge in [0.1, 0.15) is 0 Å². The first-order valence-corrected chi connectivity index (χ1v) is 20.1. The fraction of sp³-hybridized carbons (Fsp3) is 0.878. The first kappa shape index (κ1) is 43.9. The van der Waals surface area contributed by atoms with E-state index in [1.54, 1.807) is 6.08 Å². The van der Waals surface area contributed by atoms with Crippen LogP contribution < -0.4 is 5.32 Å². The van der Waals surface area contributed by atoms with E-state index >= 15 is 0 Å². The Labute approximate surface area is 281 Å². The number of aliphatic hydroxyl groups is 2. The maximum atomic E-state index is 12.3. The highest BCUT2D eigenvalue weighted by molar-refractivity contribution is 5.76. The first-order valence-electron chi connectivity index (χ1n) is 20.1. The van der Waals surface area contributed by atoms with E-state index in [4.69, 9.17) is 0 Å². The van der Waals surface area contributed by atoms with Gasteiger partial charge in [0.15, 0.2) is 0 Å². The lowest BCUT2D eigenvalue weighted by atomic mass is 10.0. The van der Waals surface area contributed by atoms with Gasteiger partial charge in [0, 0.05) is 6.42 Å². The van der Waals surface area contributed by atoms with Crippen molar-refractivity contribution in [3.05, 3.63) is 24.3 Å². The van der Waals surface area contributed by atoms with E-state index in [0.717, 1.165) is 38.5 Å². The van der Waals surface area contributed by atoms with Gasteiger partial charge in [-0.3, -0.25) is 4.79 Å². The normalized spacial score (nSPS) is 13.2. The SMILES string of the molecule is CCCC/C=C\CCCCCCC(=O)NC(CO)C(O)/C=C/CCCCCCCCCCCCCCCCCCCCCCC. The van der Waals surface area contributed by atoms with Crippen molar-refractivity contribution in [1.29, 1.82) is 0 Å². The second kappa shape index (κ2) is 37.3. The summed E-state index contributed by atoms with van der Waals surface area (Å²) in [7, 11) is 0. The molecule has 2 atom stereocenters. The van der Waals surface area contributed by atoms with E-state index in [1.807, 2.05) is 6.08 Å². The number of allylic oxidation sites excluding steroid dienone is 3. The maximum absolute atomic E-state index is 12.3. The fourth-order valence-electron chi connectivity index (χ4n) is 6.04. The molecule has 4 nitrogen and oxygen atoms in total. The Morgan fingerprint density at radius 1 is 0.511 bits per heavy atom. The van der Waals surface area contributed by atoms with Crippen molar-refractivity contribution < 1.29 is 15.0 Å². The van der Waals surface area contributed by atoms with Crippen LogP contribution in [-0.4, -0.2) is 34.9 Å². The molecular formula is C41H79NO3. The van der Waals surface area contributed by atoms with Gasteiger partial charge in [-0.05, 0) is 38.5 Å². The molecule has 0 aliphatic rings. The molecule has 0 saturated heterocycles. The van der Waals surface area contributed by atoms with E-state index in [2.05, 4.69) is 31.3 Å². The fourth-order valence-corrected chi connectivity index (χ4v) is 6.04. The third kappa shape index (κ3) is 34.0. The van der Waals surface area contributed by atoms with Crippen molar-refractivity contribution in [2.45, 2.75) is 225 Å². The number of aliphatic hydroxyl groups excluding tert-OH is 2. The summed E-state index contributed by atoms with van der Waals surface area (Å²) in [6.07, 6.45) is 47.1. The molecule has 0 aromatic rings. The predicted octanol–water partition coefficient (Wildman–Crippen LogP) is 12.1. The minimum Gasteiger partial charge on any atom is -0.394 e. The molecule has 0 aliphatic carbocycles. The lowest BCUT2D eigenvalue weighted by Gasteiger charge is -2.20. The Morgan fingerprint density at radius 3 is 1.29 bits per heavy atom. The lowest BCUT2D eigenvalue weighted by molar-refractivity contribution is -0.123. The number of nitrogens with one attached hydrogen (secondary N) is 1. The molecule has 3 N–H and O–H groups in total. The van der Waals surface area contributed by atoms with Crippen LogP contribution in [0.2, 0.25) is 0 Å². The predicted molar refractivity (Wildman–Crippen MR) is 198 cm³/mol. The van der Waals surface area contributed by atoms with Crippen LogP contribution in [0.25, 0.3) is 0 Å². The van der Waals surface area contributed by atoms with Crippen molar-refractivity contribution in [1.82, 2.24) is 5.32 Å². The largest absolute Gasteiger partial charge is 0.394 e. The molecule has 2 unspecified atom stereocenters. The average Bonchev–Trinajstić information content (AvgIpc) is 3.04. The molecule has 0 saturated carbocycles. The molecule has 266 valence electrons. The number of carbonyl (C=O) groups is 1. The van der Waals surface area contributed by atoms with Crippen LogP contribution in [0.1, 0.15) is 213 Å². The highest BCUT2D eigenvalue weighted by Crippen LogP contribution is 2.15. The Morgan fingerprint density at radius 2 is 0.867 bits per heavy atom. The van der Waals surface area contributed by atoms with Gasteiger partial charge in [0.25, 0.3) is 0 Å². The van der Waals surface area contributed by atoms with Crippen molar-refractivity contribution in [2.75, 3.05) is 6.61 Å². The molecule has 0 bridgehead atoms. The Bertz CT molecular complexity index is 647. The number of carbonyl (C=O) groups excluding carboxylic acids is 1. The van der Waals surface area contributed by atoms with Crippen molar-refractivity contribution in [3.63, 3.8) is 0 Å². The van der Waals surface area contributed by atoms with E-state index in [9.17, 15) is 15.0 Å². The number of unbranched alkanes of at least 4 members (excludes halogenated alkanes) is 27. The summed E-state index contributed by atoms with van der Waals surface area (Å²) in [5.41, 5.74) is 0. The molecule has 0 heterocycles. The first-order chi connectivity index (χ1) is 22.2. The van der Waals surface area contributed by atoms with Crippen LogP contribution >= 0.6 is 0 Å². The monoisotopic (exact) mass is 634 g/mol. The molecular weight excluding hydrogens is 554 g/mol. The van der Waals surface area contributed by atoms with E-state index in [-0.39, 0.29) is 12.5 Å². The molecule has 0 spiro atoms. The summed E-state index contributed by atoms with van der Waals surface area (Å²) < 4.78 is 0. The van der Waals surface area contributed by atoms with E-state index in [0.29, 0.717) is 6.42 Å². The summed E-state index contributed by atoms with van der Waals surface area (Å²) >= 11 is 0. The number of amides is 1. The zero-order valence-corrected chi connectivity index (χ0v) is 30.4. The van der Waals surface area contributed by atoms with Gasteiger partial charge in [0.05, 0.1) is 18.8 Å². The smallest absolute Gasteiger partial charge is 0.220 e. The van der Waals surface area contributed by atoms with Crippen LogP contribution in [0.5, 0.6) is 0 Å². The molecule has 45 heavy (non-hydrogen) atoms. The molecule has 0 aromatic heterocycles. The molecule has 1 amide bonds. The molecule has 0 aliphatic heterocycles. The highest BCUT2D eigenvalue weighted by atomic mass is 16.3. The second-order valence-corrected chi connectivity index (χ2v) is 13.7. The van der Waals surface area contributed by atoms with Crippen LogP contribution in [0.15, 0.2) is 24.3 Å². The third-order valence-electron chi connectivity index (χ3n) is 9.18. The van der Waals surface area contributed by atoms with Gasteiger partial charge in [-0.1, -0.05) is 192 Å². The van der Waals surface area contributed by atoms with Gasteiger partial charge in [-0.25, -0.2) is 0 Å². The van der Waals surface area contributed by atoms with Gasteiger partial charge in [-0.2, -0.15) is 0 Å². The summed E-state index contributed by atoms with van der Waals surface area (Å²) in [6.45, 7) is 4.26. The summed E-state index contributed by atoms with van der Waals surface area (Å²) in [5, 5.41) is 22.9. The van der Waals surface area contributed by atoms with E-state index < -0.39 is 12.1 Å². The Kier molecular flexibility index (Phi) is 36.4. The lowest BCUT2D eigenvalue weighted by Crippen LogP contribution is -2.45. The van der Waals surface area contributed by atoms with Crippen molar-refractivity contribution in [2.24, 2.45) is 0 Å². The minimum atomic E-state index is -0.839. The van der Waals surface area contributed by atoms with E-state index in [1.165, 1.54) is 154 Å². The zero-order chi connectivity index (χ0) is 32.9. The van der Waals surface area contributed by atoms with Gasteiger partial charge in [-0.15, -0.1) is 0 Å². The quantitative estimate of drug-likeness (QED) is 0.0475. The summed E-state index contributed by atoms with van der Waals surface area (Å²) in [4.78, 5) is 12.3.